The lowest BCUT2D eigenvalue weighted by molar-refractivity contribution is 0.388. The maximum atomic E-state index is 5.71. The molecule has 0 spiro atoms. The Bertz CT molecular complexity index is 480. The highest BCUT2D eigenvalue weighted by molar-refractivity contribution is 7.99. The lowest BCUT2D eigenvalue weighted by Crippen LogP contribution is -2.00. The van der Waals surface area contributed by atoms with Crippen LogP contribution < -0.4 is 11.1 Å². The van der Waals surface area contributed by atoms with Crippen molar-refractivity contribution < 1.29 is 4.52 Å². The Labute approximate surface area is 101 Å². The molecular weight excluding hydrogens is 246 g/mol. The van der Waals surface area contributed by atoms with E-state index in [1.165, 1.54) is 11.5 Å². The third-order valence-corrected chi connectivity index (χ3v) is 3.62. The Morgan fingerprint density at radius 2 is 2.38 bits per heavy atom. The number of thioether (sulfide) groups is 1. The Hall–Kier alpha value is -1.28. The molecule has 0 bridgehead atoms. The van der Waals surface area contributed by atoms with Gasteiger partial charge in [0.1, 0.15) is 5.00 Å². The maximum absolute atomic E-state index is 5.71. The number of rotatable bonds is 4. The molecule has 2 rings (SSSR count). The number of anilines is 2. The lowest BCUT2D eigenvalue weighted by Gasteiger charge is -2.01. The molecule has 0 aliphatic carbocycles. The first-order chi connectivity index (χ1) is 7.70. The summed E-state index contributed by atoms with van der Waals surface area (Å²) in [5.74, 6) is 1.74. The molecule has 16 heavy (non-hydrogen) atoms. The van der Waals surface area contributed by atoms with Crippen molar-refractivity contribution in [1.29, 1.82) is 0 Å². The van der Waals surface area contributed by atoms with Crippen LogP contribution in [0.3, 0.4) is 0 Å². The van der Waals surface area contributed by atoms with Gasteiger partial charge < -0.3 is 15.6 Å². The molecule has 0 unspecified atom stereocenters. The zero-order valence-electron chi connectivity index (χ0n) is 8.85. The van der Waals surface area contributed by atoms with Gasteiger partial charge in [-0.05, 0) is 17.8 Å². The van der Waals surface area contributed by atoms with E-state index in [1.807, 2.05) is 6.26 Å². The molecule has 0 aliphatic rings. The van der Waals surface area contributed by atoms with E-state index in [1.54, 1.807) is 18.7 Å². The van der Waals surface area contributed by atoms with Gasteiger partial charge in [0, 0.05) is 6.92 Å². The maximum Gasteiger partial charge on any atom is 0.223 e. The molecule has 2 aromatic rings. The van der Waals surface area contributed by atoms with Gasteiger partial charge in [0.2, 0.25) is 5.89 Å². The number of aromatic nitrogens is 3. The van der Waals surface area contributed by atoms with Crippen LogP contribution in [-0.4, -0.2) is 20.8 Å². The molecule has 0 fully saturated rings. The molecule has 0 atom stereocenters. The molecule has 0 saturated carbocycles. The number of hydrogen-bond acceptors (Lipinski definition) is 8. The number of nitrogens with zero attached hydrogens (tertiary/aromatic N) is 3. The summed E-state index contributed by atoms with van der Waals surface area (Å²) in [6.07, 6.45) is 1.96. The fourth-order valence-electron chi connectivity index (χ4n) is 1.18. The number of hydrogen-bond donors (Lipinski definition) is 2. The number of nitrogen functional groups attached to an aromatic ring is 1. The van der Waals surface area contributed by atoms with Crippen LogP contribution in [0, 0.1) is 6.92 Å². The minimum atomic E-state index is 0.506. The summed E-state index contributed by atoms with van der Waals surface area (Å²) in [6.45, 7) is 2.26. The summed E-state index contributed by atoms with van der Waals surface area (Å²) in [6, 6.07) is 0. The molecule has 2 aromatic heterocycles. The van der Waals surface area contributed by atoms with Crippen molar-refractivity contribution in [2.45, 2.75) is 18.4 Å². The Balaban J connectivity index is 2.04. The molecule has 0 saturated heterocycles. The van der Waals surface area contributed by atoms with E-state index < -0.39 is 0 Å². The minimum Gasteiger partial charge on any atom is -0.382 e. The lowest BCUT2D eigenvalue weighted by atomic mass is 10.5. The largest absolute Gasteiger partial charge is 0.382 e. The van der Waals surface area contributed by atoms with Crippen LogP contribution in [0.4, 0.5) is 10.8 Å². The smallest absolute Gasteiger partial charge is 0.223 e. The van der Waals surface area contributed by atoms with Gasteiger partial charge in [-0.3, -0.25) is 0 Å². The summed E-state index contributed by atoms with van der Waals surface area (Å²) < 4.78 is 8.95. The molecule has 8 heteroatoms. The van der Waals surface area contributed by atoms with E-state index in [4.69, 9.17) is 10.3 Å². The Morgan fingerprint density at radius 3 is 3.00 bits per heavy atom. The van der Waals surface area contributed by atoms with E-state index in [2.05, 4.69) is 19.8 Å². The van der Waals surface area contributed by atoms with Gasteiger partial charge >= 0.3 is 0 Å². The molecule has 0 aliphatic heterocycles. The fraction of sp³-hybridized carbons (Fsp3) is 0.375. The first kappa shape index (κ1) is 11.2. The molecule has 2 heterocycles. The van der Waals surface area contributed by atoms with Gasteiger partial charge in [-0.2, -0.15) is 9.36 Å². The van der Waals surface area contributed by atoms with Gasteiger partial charge in [0.25, 0.3) is 0 Å². The van der Waals surface area contributed by atoms with Crippen molar-refractivity contribution in [1.82, 2.24) is 14.5 Å². The summed E-state index contributed by atoms with van der Waals surface area (Å²) in [4.78, 5) is 5.06. The molecule has 6 nitrogen and oxygen atoms in total. The highest BCUT2D eigenvalue weighted by atomic mass is 32.2. The Kier molecular flexibility index (Phi) is 3.30. The van der Waals surface area contributed by atoms with E-state index in [-0.39, 0.29) is 0 Å². The van der Waals surface area contributed by atoms with Gasteiger partial charge in [0.05, 0.1) is 11.4 Å². The van der Waals surface area contributed by atoms with Crippen molar-refractivity contribution in [2.75, 3.05) is 17.3 Å². The summed E-state index contributed by atoms with van der Waals surface area (Å²) >= 11 is 2.90. The normalized spacial score (nSPS) is 10.6. The van der Waals surface area contributed by atoms with Crippen LogP contribution in [-0.2, 0) is 6.54 Å². The second-order valence-corrected chi connectivity index (χ2v) is 4.60. The topological polar surface area (TPSA) is 89.9 Å². The average molecular weight is 257 g/mol. The molecule has 3 N–H and O–H groups in total. The minimum absolute atomic E-state index is 0.506. The van der Waals surface area contributed by atoms with E-state index in [0.717, 1.165) is 9.90 Å². The van der Waals surface area contributed by atoms with Crippen molar-refractivity contribution in [2.24, 2.45) is 0 Å². The van der Waals surface area contributed by atoms with Crippen molar-refractivity contribution in [3.63, 3.8) is 0 Å². The highest BCUT2D eigenvalue weighted by Crippen LogP contribution is 2.34. The SMILES string of the molecule is CSc1c(N)nsc1NCc1noc(C)n1. The number of nitrogens with two attached hydrogens (primary N) is 1. The van der Waals surface area contributed by atoms with Crippen LogP contribution in [0.5, 0.6) is 0 Å². The van der Waals surface area contributed by atoms with Crippen LogP contribution in [0.15, 0.2) is 9.42 Å². The standard InChI is InChI=1S/C8H11N5OS2/c1-4-11-5(12-14-4)3-10-8-6(15-2)7(9)13-16-8/h10H,3H2,1-2H3,(H2,9,13). The zero-order valence-corrected chi connectivity index (χ0v) is 10.5. The van der Waals surface area contributed by atoms with E-state index in [0.29, 0.717) is 24.1 Å². The number of nitrogens with one attached hydrogen (secondary N) is 1. The number of aryl methyl sites for hydroxylation is 1. The molecule has 86 valence electrons. The first-order valence-corrected chi connectivity index (χ1v) is 6.52. The summed E-state index contributed by atoms with van der Waals surface area (Å²) in [5, 5.41) is 7.91. The predicted molar refractivity (Wildman–Crippen MR) is 64.7 cm³/mol. The third-order valence-electron chi connectivity index (χ3n) is 1.85. The van der Waals surface area contributed by atoms with Gasteiger partial charge in [-0.1, -0.05) is 5.16 Å². The second-order valence-electron chi connectivity index (χ2n) is 3.01. The van der Waals surface area contributed by atoms with E-state index in [9.17, 15) is 0 Å². The zero-order chi connectivity index (χ0) is 11.5. The fourth-order valence-corrected chi connectivity index (χ4v) is 2.71. The summed E-state index contributed by atoms with van der Waals surface area (Å²) in [7, 11) is 0. The highest BCUT2D eigenvalue weighted by Gasteiger charge is 2.11. The molecule has 0 amide bonds. The first-order valence-electron chi connectivity index (χ1n) is 4.53. The van der Waals surface area contributed by atoms with Gasteiger partial charge in [-0.25, -0.2) is 0 Å². The quantitative estimate of drug-likeness (QED) is 0.806. The van der Waals surface area contributed by atoms with Crippen LogP contribution >= 0.6 is 23.3 Å². The molecule has 0 radical (unpaired) electrons. The average Bonchev–Trinajstić information content (AvgIpc) is 2.82. The molecular formula is C8H11N5OS2. The molecule has 0 aromatic carbocycles. The van der Waals surface area contributed by atoms with Crippen molar-refractivity contribution in [3.8, 4) is 0 Å². The Morgan fingerprint density at radius 1 is 1.56 bits per heavy atom. The predicted octanol–water partition coefficient (Wildman–Crippen LogP) is 1.75. The monoisotopic (exact) mass is 257 g/mol. The van der Waals surface area contributed by atoms with Crippen LogP contribution in [0.2, 0.25) is 0 Å². The van der Waals surface area contributed by atoms with Crippen molar-refractivity contribution in [3.05, 3.63) is 11.7 Å². The third kappa shape index (κ3) is 2.27. The van der Waals surface area contributed by atoms with Crippen LogP contribution in [0.1, 0.15) is 11.7 Å². The van der Waals surface area contributed by atoms with Crippen LogP contribution in [0.25, 0.3) is 0 Å². The van der Waals surface area contributed by atoms with Crippen molar-refractivity contribution >= 4 is 34.1 Å². The van der Waals surface area contributed by atoms with Gasteiger partial charge in [-0.15, -0.1) is 11.8 Å². The second kappa shape index (κ2) is 4.71. The summed E-state index contributed by atoms with van der Waals surface area (Å²) in [5.41, 5.74) is 5.71. The van der Waals surface area contributed by atoms with Gasteiger partial charge in [0.15, 0.2) is 11.6 Å². The van der Waals surface area contributed by atoms with E-state index >= 15 is 0 Å².